The lowest BCUT2D eigenvalue weighted by Crippen LogP contribution is -2.38. The van der Waals surface area contributed by atoms with E-state index >= 15 is 0 Å². The second-order valence-electron chi connectivity index (χ2n) is 5.33. The first kappa shape index (κ1) is 20.3. The first-order valence-electron chi connectivity index (χ1n) is 7.63. The first-order valence-corrected chi connectivity index (χ1v) is 8.01. The van der Waals surface area contributed by atoms with E-state index in [1.54, 1.807) is 24.3 Å². The maximum Gasteiger partial charge on any atom is 0.313 e. The Bertz CT molecular complexity index is 877. The van der Waals surface area contributed by atoms with E-state index < -0.39 is 34.3 Å². The van der Waals surface area contributed by atoms with Gasteiger partial charge in [0.1, 0.15) is 6.10 Å². The van der Waals surface area contributed by atoms with Gasteiger partial charge in [0, 0.05) is 36.0 Å². The minimum absolute atomic E-state index is 0.0317. The second-order valence-corrected chi connectivity index (χ2v) is 5.74. The van der Waals surface area contributed by atoms with E-state index in [1.165, 1.54) is 7.11 Å². The number of hydrogen-bond donors (Lipinski definition) is 2. The molecule has 2 N–H and O–H groups in total. The van der Waals surface area contributed by atoms with Crippen molar-refractivity contribution in [3.63, 3.8) is 0 Å². The molecule has 2 rings (SSSR count). The van der Waals surface area contributed by atoms with Crippen LogP contribution in [0.2, 0.25) is 5.02 Å². The molecule has 2 aromatic rings. The highest BCUT2D eigenvalue weighted by molar-refractivity contribution is 6.39. The van der Waals surface area contributed by atoms with Crippen LogP contribution in [0.15, 0.2) is 42.5 Å². The molecule has 0 radical (unpaired) electrons. The molecule has 2 amide bonds. The second kappa shape index (κ2) is 9.06. The van der Waals surface area contributed by atoms with E-state index in [2.05, 4.69) is 10.6 Å². The van der Waals surface area contributed by atoms with E-state index in [-0.39, 0.29) is 12.2 Å². The van der Waals surface area contributed by atoms with Crippen LogP contribution in [-0.4, -0.2) is 30.4 Å². The van der Waals surface area contributed by atoms with Crippen LogP contribution in [0, 0.1) is 15.9 Å². The monoisotopic (exact) mass is 395 g/mol. The average molecular weight is 396 g/mol. The van der Waals surface area contributed by atoms with Crippen LogP contribution in [0.1, 0.15) is 11.7 Å². The van der Waals surface area contributed by atoms with Gasteiger partial charge in [-0.05, 0) is 18.2 Å². The lowest BCUT2D eigenvalue weighted by Gasteiger charge is -2.17. The van der Waals surface area contributed by atoms with E-state index in [0.29, 0.717) is 10.6 Å². The summed E-state index contributed by atoms with van der Waals surface area (Å²) < 4.78 is 18.6. The van der Waals surface area contributed by atoms with Gasteiger partial charge < -0.3 is 15.4 Å². The molecule has 0 aliphatic carbocycles. The molecule has 8 nitrogen and oxygen atoms in total. The summed E-state index contributed by atoms with van der Waals surface area (Å²) in [4.78, 5) is 33.7. The van der Waals surface area contributed by atoms with Gasteiger partial charge in [0.05, 0.1) is 4.92 Å². The maximum atomic E-state index is 13.3. The molecular formula is C17H15ClFN3O5. The number of benzene rings is 2. The molecule has 0 fully saturated rings. The summed E-state index contributed by atoms with van der Waals surface area (Å²) in [5.74, 6) is -3.11. The van der Waals surface area contributed by atoms with Gasteiger partial charge in [0.25, 0.3) is 0 Å². The molecule has 10 heteroatoms. The quantitative estimate of drug-likeness (QED) is 0.444. The van der Waals surface area contributed by atoms with Gasteiger partial charge >= 0.3 is 17.5 Å². The highest BCUT2D eigenvalue weighted by Gasteiger charge is 2.20. The third-order valence-electron chi connectivity index (χ3n) is 3.59. The third-order valence-corrected chi connectivity index (χ3v) is 3.94. The zero-order valence-corrected chi connectivity index (χ0v) is 14.8. The highest BCUT2D eigenvalue weighted by Crippen LogP contribution is 2.24. The summed E-state index contributed by atoms with van der Waals surface area (Å²) in [5.41, 5.74) is -0.263. The molecule has 0 saturated heterocycles. The zero-order valence-electron chi connectivity index (χ0n) is 14.1. The average Bonchev–Trinajstić information content (AvgIpc) is 2.64. The number of methoxy groups -OCH3 is 1. The molecule has 142 valence electrons. The van der Waals surface area contributed by atoms with Crippen LogP contribution < -0.4 is 10.6 Å². The number of rotatable bonds is 6. The van der Waals surface area contributed by atoms with E-state index in [4.69, 9.17) is 16.3 Å². The van der Waals surface area contributed by atoms with Crippen LogP contribution >= 0.6 is 11.6 Å². The number of ether oxygens (including phenoxy) is 1. The van der Waals surface area contributed by atoms with Crippen molar-refractivity contribution in [2.75, 3.05) is 19.0 Å². The summed E-state index contributed by atoms with van der Waals surface area (Å²) in [6.45, 7) is -0.0317. The Morgan fingerprint density at radius 3 is 2.59 bits per heavy atom. The molecule has 1 unspecified atom stereocenters. The van der Waals surface area contributed by atoms with Crippen LogP contribution in [0.3, 0.4) is 0 Å². The number of halogens is 2. The van der Waals surface area contributed by atoms with Gasteiger partial charge in [-0.2, -0.15) is 4.39 Å². The normalized spacial score (nSPS) is 11.5. The van der Waals surface area contributed by atoms with Gasteiger partial charge in [-0.1, -0.05) is 29.8 Å². The van der Waals surface area contributed by atoms with Crippen molar-refractivity contribution in [2.45, 2.75) is 6.10 Å². The maximum absolute atomic E-state index is 13.3. The van der Waals surface area contributed by atoms with Crippen LogP contribution in [0.5, 0.6) is 0 Å². The number of nitrogens with zero attached hydrogens (tertiary/aromatic N) is 1. The minimum Gasteiger partial charge on any atom is -0.375 e. The molecule has 1 atom stereocenters. The summed E-state index contributed by atoms with van der Waals surface area (Å²) in [7, 11) is 1.43. The van der Waals surface area contributed by atoms with Crippen molar-refractivity contribution in [3.05, 3.63) is 69.0 Å². The number of nitro groups is 1. The molecular weight excluding hydrogens is 381 g/mol. The Hall–Kier alpha value is -3.04. The van der Waals surface area contributed by atoms with Crippen molar-refractivity contribution in [1.29, 1.82) is 0 Å². The number of amides is 2. The largest absolute Gasteiger partial charge is 0.375 e. The number of carbonyl (C=O) groups excluding carboxylic acids is 2. The fraction of sp³-hybridized carbons (Fsp3) is 0.176. The Kier molecular flexibility index (Phi) is 6.80. The minimum atomic E-state index is -1.06. The Balaban J connectivity index is 1.99. The number of hydrogen-bond acceptors (Lipinski definition) is 5. The SMILES string of the molecule is COC(CNC(=O)C(=O)Nc1ccc(F)c([N+](=O)[O-])c1)c1ccccc1Cl. The topological polar surface area (TPSA) is 111 Å². The van der Waals surface area contributed by atoms with Crippen LogP contribution in [-0.2, 0) is 14.3 Å². The molecule has 0 heterocycles. The fourth-order valence-corrected chi connectivity index (χ4v) is 2.50. The summed E-state index contributed by atoms with van der Waals surface area (Å²) in [5, 5.41) is 15.7. The van der Waals surface area contributed by atoms with E-state index in [9.17, 15) is 24.1 Å². The highest BCUT2D eigenvalue weighted by atomic mass is 35.5. The van der Waals surface area contributed by atoms with Crippen molar-refractivity contribution >= 4 is 34.8 Å². The Labute approximate surface area is 158 Å². The number of nitro benzene ring substituents is 1. The van der Waals surface area contributed by atoms with E-state index in [1.807, 2.05) is 0 Å². The third kappa shape index (κ3) is 5.22. The number of anilines is 1. The van der Waals surface area contributed by atoms with E-state index in [0.717, 1.165) is 18.2 Å². The molecule has 0 bridgehead atoms. The van der Waals surface area contributed by atoms with Gasteiger partial charge in [0.15, 0.2) is 0 Å². The molecule has 2 aromatic carbocycles. The van der Waals surface area contributed by atoms with Crippen LogP contribution in [0.4, 0.5) is 15.8 Å². The van der Waals surface area contributed by atoms with Gasteiger partial charge in [-0.3, -0.25) is 19.7 Å². The van der Waals surface area contributed by atoms with Gasteiger partial charge in [0.2, 0.25) is 5.82 Å². The number of nitrogens with one attached hydrogen (secondary N) is 2. The molecule has 0 aromatic heterocycles. The molecule has 0 aliphatic heterocycles. The Morgan fingerprint density at radius 2 is 1.96 bits per heavy atom. The first-order chi connectivity index (χ1) is 12.8. The summed E-state index contributed by atoms with van der Waals surface area (Å²) in [6, 6.07) is 9.64. The lowest BCUT2D eigenvalue weighted by atomic mass is 10.1. The lowest BCUT2D eigenvalue weighted by molar-refractivity contribution is -0.387. The predicted octanol–water partition coefficient (Wildman–Crippen LogP) is 2.83. The summed E-state index contributed by atoms with van der Waals surface area (Å²) >= 11 is 6.08. The predicted molar refractivity (Wildman–Crippen MR) is 95.9 cm³/mol. The zero-order chi connectivity index (χ0) is 20.0. The van der Waals surface area contributed by atoms with Crippen LogP contribution in [0.25, 0.3) is 0 Å². The summed E-state index contributed by atoms with van der Waals surface area (Å²) in [6.07, 6.45) is -0.581. The van der Waals surface area contributed by atoms with Crippen molar-refractivity contribution in [1.82, 2.24) is 5.32 Å². The van der Waals surface area contributed by atoms with Crippen molar-refractivity contribution < 1.29 is 23.6 Å². The molecule has 0 aliphatic rings. The van der Waals surface area contributed by atoms with Gasteiger partial charge in [-0.25, -0.2) is 0 Å². The van der Waals surface area contributed by atoms with Crippen molar-refractivity contribution in [2.24, 2.45) is 0 Å². The Morgan fingerprint density at radius 1 is 1.26 bits per heavy atom. The number of carbonyl (C=O) groups is 2. The van der Waals surface area contributed by atoms with Gasteiger partial charge in [-0.15, -0.1) is 0 Å². The smallest absolute Gasteiger partial charge is 0.313 e. The fourth-order valence-electron chi connectivity index (χ4n) is 2.24. The molecule has 27 heavy (non-hydrogen) atoms. The van der Waals surface area contributed by atoms with Crippen molar-refractivity contribution in [3.8, 4) is 0 Å². The molecule has 0 spiro atoms. The molecule has 0 saturated carbocycles. The standard InChI is InChI=1S/C17H15ClFN3O5/c1-27-15(11-4-2-3-5-12(11)18)9-20-16(23)17(24)21-10-6-7-13(19)14(8-10)22(25)26/h2-8,15H,9H2,1H3,(H,20,23)(H,21,24).